The molecule has 8 rings (SSSR count). The fourth-order valence-corrected chi connectivity index (χ4v) is 7.46. The van der Waals surface area contributed by atoms with Crippen molar-refractivity contribution in [3.05, 3.63) is 324 Å². The Morgan fingerprint density at radius 1 is 0.298 bits per heavy atom. The van der Waals surface area contributed by atoms with Gasteiger partial charge >= 0.3 is 47.8 Å². The van der Waals surface area contributed by atoms with Crippen LogP contribution in [0.15, 0.2) is 279 Å². The van der Waals surface area contributed by atoms with E-state index < -0.39 is 42.1 Å². The van der Waals surface area contributed by atoms with Crippen molar-refractivity contribution in [3.8, 4) is 0 Å². The van der Waals surface area contributed by atoms with Gasteiger partial charge < -0.3 is 58.3 Å². The Kier molecular flexibility index (Phi) is 46.8. The van der Waals surface area contributed by atoms with E-state index >= 15 is 0 Å². The molecule has 2 atom stereocenters. The van der Waals surface area contributed by atoms with E-state index in [1.54, 1.807) is 98.8 Å². The van der Waals surface area contributed by atoms with Gasteiger partial charge in [0.05, 0.1) is 50.3 Å². The molecule has 0 saturated heterocycles. The molecule has 8 aromatic carbocycles. The van der Waals surface area contributed by atoms with Crippen LogP contribution in [-0.2, 0) is 66.7 Å². The third kappa shape index (κ3) is 45.5. The Balaban J connectivity index is 0.000000328. The molecule has 0 aliphatic heterocycles. The molecule has 4 N–H and O–H groups in total. The molecule has 0 bridgehead atoms. The van der Waals surface area contributed by atoms with Crippen LogP contribution in [0.5, 0.6) is 0 Å². The highest BCUT2D eigenvalue weighted by atomic mass is 16.6. The second kappa shape index (κ2) is 56.5. The number of carbonyl (C=O) groups excluding carboxylic acids is 8. The lowest BCUT2D eigenvalue weighted by molar-refractivity contribution is -0.145. The largest absolute Gasteiger partial charge is 0.462 e. The molecule has 0 aromatic heterocycles. The van der Waals surface area contributed by atoms with Crippen molar-refractivity contribution in [1.82, 2.24) is 0 Å². The van der Waals surface area contributed by atoms with Crippen LogP contribution in [-0.4, -0.2) is 146 Å². The third-order valence-electron chi connectivity index (χ3n) is 12.5. The standard InChI is InChI=1S/C20H18O4.C17H16O4.3C12H14O3.C11H12O3/c21-19(13-11-17-7-3-1-4-8-17)23-15-16-24-20(22)14-12-18-9-5-2-6-10-18;18-16(14-8-3-1-4-9-14)20-12-7-13-21-17(19)15-10-5-2-6-11-15;1-10(13)9-15-12(14)8-7-11-5-3-2-4-6-11;1-10(9-13)15-12(14)8-7-11-5-3-2-4-6-11;13-9-4-10-15-12(14)8-7-11-5-2-1-3-6-11;12-8-9-14-11(13)7-6-10-4-2-1-3-5-10/h1-14H,15-16H2;1-6,8-11H,7,12-13H2;2*2-8,10,13H,9H2,1H3;1-3,5-8,13H,4,9-10H2;1-7,12H,8-9H2/b13-11+,14-12+;;3*8-7+;7-6+. The van der Waals surface area contributed by atoms with Crippen LogP contribution in [0.1, 0.15) is 80.8 Å². The second-order valence-corrected chi connectivity index (χ2v) is 21.2. The maximum Gasteiger partial charge on any atom is 0.338 e. The van der Waals surface area contributed by atoms with Crippen molar-refractivity contribution < 1.29 is 96.7 Å². The van der Waals surface area contributed by atoms with Gasteiger partial charge in [0, 0.05) is 55.9 Å². The molecular weight excluding hydrogens is 1330 g/mol. The normalized spacial score (nSPS) is 11.1. The van der Waals surface area contributed by atoms with E-state index in [4.69, 9.17) is 53.6 Å². The van der Waals surface area contributed by atoms with Crippen LogP contribution in [0, 0.1) is 0 Å². The Labute approximate surface area is 606 Å². The molecule has 20 heteroatoms. The summed E-state index contributed by atoms with van der Waals surface area (Å²) in [5.74, 6) is -3.41. The van der Waals surface area contributed by atoms with Gasteiger partial charge in [0.15, 0.2) is 0 Å². The molecule has 20 nitrogen and oxygen atoms in total. The van der Waals surface area contributed by atoms with E-state index in [-0.39, 0.29) is 84.0 Å². The number of carbonyl (C=O) groups is 8. The van der Waals surface area contributed by atoms with E-state index in [9.17, 15) is 38.4 Å². The maximum atomic E-state index is 11.6. The number of hydrogen-bond donors (Lipinski definition) is 4. The smallest absolute Gasteiger partial charge is 0.338 e. The number of rotatable bonds is 30. The summed E-state index contributed by atoms with van der Waals surface area (Å²) >= 11 is 0. The van der Waals surface area contributed by atoms with Gasteiger partial charge in [0.2, 0.25) is 0 Å². The van der Waals surface area contributed by atoms with Crippen molar-refractivity contribution in [2.75, 3.05) is 66.1 Å². The summed E-state index contributed by atoms with van der Waals surface area (Å²) in [4.78, 5) is 90.6. The molecule has 104 heavy (non-hydrogen) atoms. The molecule has 2 unspecified atom stereocenters. The molecule has 0 aliphatic rings. The molecule has 0 amide bonds. The monoisotopic (exact) mass is 1420 g/mol. The van der Waals surface area contributed by atoms with Crippen LogP contribution in [0.3, 0.4) is 0 Å². The summed E-state index contributed by atoms with van der Waals surface area (Å²) < 4.78 is 39.1. The first-order valence-electron chi connectivity index (χ1n) is 33.0. The second-order valence-electron chi connectivity index (χ2n) is 21.2. The highest BCUT2D eigenvalue weighted by molar-refractivity contribution is 5.91. The minimum atomic E-state index is -0.626. The molecule has 544 valence electrons. The van der Waals surface area contributed by atoms with Gasteiger partial charge in [-0.15, -0.1) is 0 Å². The van der Waals surface area contributed by atoms with Crippen LogP contribution >= 0.6 is 0 Å². The SMILES string of the molecule is CC(CO)OC(=O)/C=C/c1ccccc1.CC(O)COC(=O)/C=C/c1ccccc1.O=C(/C=C/c1ccccc1)OCCCO.O=C(/C=C/c1ccccc1)OCCO.O=C(/C=C/c1ccccc1)OCCOC(=O)/C=C/c1ccccc1.O=C(OCCCOC(=O)c1ccccc1)c1ccccc1. The van der Waals surface area contributed by atoms with Crippen LogP contribution in [0.4, 0.5) is 0 Å². The summed E-state index contributed by atoms with van der Waals surface area (Å²) in [6, 6.07) is 74.3. The highest BCUT2D eigenvalue weighted by Crippen LogP contribution is 2.09. The topological polar surface area (TPSA) is 291 Å². The Morgan fingerprint density at radius 3 is 0.817 bits per heavy atom. The van der Waals surface area contributed by atoms with Gasteiger partial charge in [-0.1, -0.05) is 218 Å². The average Bonchev–Trinajstić information content (AvgIpc) is 1.05. The summed E-state index contributed by atoms with van der Waals surface area (Å²) in [6.07, 6.45) is 18.0. The quantitative estimate of drug-likeness (QED) is 0.0141. The molecule has 0 heterocycles. The first-order chi connectivity index (χ1) is 50.6. The molecule has 0 radical (unpaired) electrons. The predicted octanol–water partition coefficient (Wildman–Crippen LogP) is 12.7. The summed E-state index contributed by atoms with van der Waals surface area (Å²) in [5.41, 5.74) is 6.61. The van der Waals surface area contributed by atoms with Gasteiger partial charge in [0.1, 0.15) is 32.5 Å². The molecule has 0 aliphatic carbocycles. The molecule has 0 spiro atoms. The first kappa shape index (κ1) is 86.0. The minimum Gasteiger partial charge on any atom is -0.462 e. The van der Waals surface area contributed by atoms with Crippen molar-refractivity contribution in [1.29, 1.82) is 0 Å². The van der Waals surface area contributed by atoms with Gasteiger partial charge in [-0.3, -0.25) is 0 Å². The fourth-order valence-electron chi connectivity index (χ4n) is 7.46. The number of benzene rings is 8. The van der Waals surface area contributed by atoms with Crippen molar-refractivity contribution in [3.63, 3.8) is 0 Å². The highest BCUT2D eigenvalue weighted by Gasteiger charge is 2.09. The van der Waals surface area contributed by atoms with Crippen molar-refractivity contribution in [2.45, 2.75) is 38.9 Å². The Bertz CT molecular complexity index is 3730. The van der Waals surface area contributed by atoms with Crippen LogP contribution in [0.2, 0.25) is 0 Å². The van der Waals surface area contributed by atoms with E-state index in [0.29, 0.717) is 24.0 Å². The predicted molar refractivity (Wildman–Crippen MR) is 399 cm³/mol. The lowest BCUT2D eigenvalue weighted by atomic mass is 10.2. The number of aliphatic hydroxyl groups is 4. The van der Waals surface area contributed by atoms with Gasteiger partial charge in [-0.2, -0.15) is 0 Å². The number of esters is 8. The summed E-state index contributed by atoms with van der Waals surface area (Å²) in [5, 5.41) is 34.4. The lowest BCUT2D eigenvalue weighted by Crippen LogP contribution is -2.16. The number of ether oxygens (including phenoxy) is 8. The van der Waals surface area contributed by atoms with E-state index in [0.717, 1.165) is 33.4 Å². The fraction of sp³-hybridized carbons (Fsp3) is 0.190. The van der Waals surface area contributed by atoms with Crippen molar-refractivity contribution in [2.24, 2.45) is 0 Å². The average molecular weight is 1420 g/mol. The zero-order chi connectivity index (χ0) is 75.3. The molecule has 0 fully saturated rings. The zero-order valence-corrected chi connectivity index (χ0v) is 58.0. The number of aliphatic hydroxyl groups excluding tert-OH is 4. The Morgan fingerprint density at radius 2 is 0.548 bits per heavy atom. The number of hydrogen-bond acceptors (Lipinski definition) is 20. The molecular formula is C84H88O20. The maximum absolute atomic E-state index is 11.6. The van der Waals surface area contributed by atoms with Gasteiger partial charge in [-0.25, -0.2) is 38.4 Å². The van der Waals surface area contributed by atoms with Crippen LogP contribution < -0.4 is 0 Å². The third-order valence-corrected chi connectivity index (χ3v) is 12.5. The minimum absolute atomic E-state index is 0.0167. The van der Waals surface area contributed by atoms with E-state index in [1.807, 2.05) is 194 Å². The lowest BCUT2D eigenvalue weighted by Gasteiger charge is -2.06. The van der Waals surface area contributed by atoms with E-state index in [2.05, 4.69) is 4.74 Å². The van der Waals surface area contributed by atoms with Gasteiger partial charge in [-0.05, 0) is 108 Å². The van der Waals surface area contributed by atoms with Crippen LogP contribution in [0.25, 0.3) is 36.5 Å². The van der Waals surface area contributed by atoms with Crippen molar-refractivity contribution >= 4 is 84.2 Å². The Hall–Kier alpha value is -12.2. The first-order valence-corrected chi connectivity index (χ1v) is 33.0. The summed E-state index contributed by atoms with van der Waals surface area (Å²) in [6.45, 7) is 3.72. The summed E-state index contributed by atoms with van der Waals surface area (Å²) in [7, 11) is 0. The van der Waals surface area contributed by atoms with Gasteiger partial charge in [0.25, 0.3) is 0 Å². The molecule has 8 aromatic rings. The molecule has 0 saturated carbocycles. The zero-order valence-electron chi connectivity index (χ0n) is 58.0. The van der Waals surface area contributed by atoms with E-state index in [1.165, 1.54) is 36.5 Å².